The lowest BCUT2D eigenvalue weighted by Crippen LogP contribution is -2.61. The second-order valence-electron chi connectivity index (χ2n) is 19.6. The number of rotatable bonds is 6. The van der Waals surface area contributed by atoms with Crippen molar-refractivity contribution in [1.82, 2.24) is 4.90 Å². The standard InChI is InChI=1S/C51H79NO13/c1-30-16-12-11-13-17-31(2)42(61-8)28-38-21-19-36(7)51(60,65-38)48(57)49(58)52-23-15-14-18-39(52)50(59)64-43(33(4)26-37-20-22-40(53)44(27-37)62-9)29-41(54)32(3)25-35(6)46(56)47(63-10)45(55)34(5)24-30/h11-13,16-17,25,30,32-34,36-40,42-44,46-47,53,56,60H,14-15,18-24,26-29H2,1-10H3/b13-11+,16-12+,31-17+,35-25+/t30-,32-,33?,34-,36-,37?,38+,39+,40-,42+,43+,44-,46-,47+,51-/m1/s1. The number of hydrogen-bond acceptors (Lipinski definition) is 13. The van der Waals surface area contributed by atoms with Gasteiger partial charge in [0.15, 0.2) is 5.78 Å². The molecular weight excluding hydrogens is 835 g/mol. The Morgan fingerprint density at radius 2 is 1.57 bits per heavy atom. The smallest absolute Gasteiger partial charge is 0.329 e. The van der Waals surface area contributed by atoms with Gasteiger partial charge in [-0.1, -0.05) is 71.1 Å². The predicted octanol–water partition coefficient (Wildman–Crippen LogP) is 6.18. The number of aliphatic hydroxyl groups is 3. The van der Waals surface area contributed by atoms with Crippen LogP contribution in [0.15, 0.2) is 47.6 Å². The summed E-state index contributed by atoms with van der Waals surface area (Å²) in [4.78, 5) is 71.8. The molecule has 0 aromatic heterocycles. The molecule has 1 amide bonds. The predicted molar refractivity (Wildman–Crippen MR) is 245 cm³/mol. The first kappa shape index (κ1) is 54.2. The molecule has 0 spiro atoms. The number of esters is 1. The highest BCUT2D eigenvalue weighted by molar-refractivity contribution is 6.39. The van der Waals surface area contributed by atoms with E-state index in [1.807, 2.05) is 58.1 Å². The zero-order valence-corrected chi connectivity index (χ0v) is 40.6. The Hall–Kier alpha value is -3.37. The lowest BCUT2D eigenvalue weighted by atomic mass is 9.78. The summed E-state index contributed by atoms with van der Waals surface area (Å²) in [6, 6.07) is -1.14. The highest BCUT2D eigenvalue weighted by atomic mass is 16.6. The number of allylic oxidation sites excluding steroid dienone is 6. The number of ether oxygens (including phenoxy) is 5. The van der Waals surface area contributed by atoms with Crippen LogP contribution in [0.25, 0.3) is 0 Å². The summed E-state index contributed by atoms with van der Waals surface area (Å²) in [6.07, 6.45) is 11.2. The summed E-state index contributed by atoms with van der Waals surface area (Å²) < 4.78 is 29.4. The zero-order chi connectivity index (χ0) is 48.2. The number of Topliss-reactive ketones (excluding diaryl/α,β-unsaturated/α-hetero) is 3. The van der Waals surface area contributed by atoms with Gasteiger partial charge in [-0.05, 0) is 107 Å². The topological polar surface area (TPSA) is 195 Å². The molecule has 3 N–H and O–H groups in total. The molecule has 3 fully saturated rings. The van der Waals surface area contributed by atoms with E-state index in [2.05, 4.69) is 0 Å². The van der Waals surface area contributed by atoms with Crippen LogP contribution in [0.3, 0.4) is 0 Å². The minimum atomic E-state index is -2.43. The van der Waals surface area contributed by atoms with Crippen LogP contribution in [-0.2, 0) is 47.7 Å². The lowest BCUT2D eigenvalue weighted by Gasteiger charge is -2.42. The number of fused-ring (bicyclic) bond motifs is 3. The fourth-order valence-electron chi connectivity index (χ4n) is 10.1. The Balaban J connectivity index is 1.70. The number of cyclic esters (lactones) is 1. The Bertz CT molecular complexity index is 1760. The van der Waals surface area contributed by atoms with Gasteiger partial charge in [0.05, 0.1) is 24.4 Å². The number of hydrogen-bond donors (Lipinski definition) is 3. The molecule has 4 aliphatic rings. The number of nitrogens with zero attached hydrogens (tertiary/aromatic N) is 1. The second-order valence-corrected chi connectivity index (χ2v) is 19.6. The molecule has 366 valence electrons. The number of ketones is 3. The van der Waals surface area contributed by atoms with Crippen LogP contribution in [0.2, 0.25) is 0 Å². The largest absolute Gasteiger partial charge is 0.460 e. The van der Waals surface area contributed by atoms with E-state index in [0.717, 1.165) is 12.0 Å². The van der Waals surface area contributed by atoms with E-state index in [1.165, 1.54) is 12.0 Å². The molecule has 3 aliphatic heterocycles. The summed E-state index contributed by atoms with van der Waals surface area (Å²) in [5.41, 5.74) is 1.27. The van der Waals surface area contributed by atoms with Gasteiger partial charge in [-0.2, -0.15) is 0 Å². The maximum Gasteiger partial charge on any atom is 0.329 e. The lowest BCUT2D eigenvalue weighted by molar-refractivity contribution is -0.265. The first-order valence-electron chi connectivity index (χ1n) is 23.9. The third kappa shape index (κ3) is 14.3. The van der Waals surface area contributed by atoms with Gasteiger partial charge in [-0.15, -0.1) is 0 Å². The summed E-state index contributed by atoms with van der Waals surface area (Å²) in [6.45, 7) is 12.7. The average Bonchev–Trinajstić information content (AvgIpc) is 3.28. The fourth-order valence-corrected chi connectivity index (χ4v) is 10.1. The van der Waals surface area contributed by atoms with Crippen LogP contribution in [0.1, 0.15) is 126 Å². The van der Waals surface area contributed by atoms with Crippen LogP contribution in [-0.4, -0.2) is 132 Å². The number of amides is 1. The van der Waals surface area contributed by atoms with Crippen molar-refractivity contribution in [3.05, 3.63) is 47.6 Å². The van der Waals surface area contributed by atoms with Crippen LogP contribution in [0, 0.1) is 35.5 Å². The summed E-state index contributed by atoms with van der Waals surface area (Å²) >= 11 is 0. The SMILES string of the molecule is CO[C@H]1C[C@@H]2CC[C@@H](C)[C@@](O)(O2)C(=O)C(=O)N2CCCC[C@H]2C(=O)O[C@H](C(C)CC2CC[C@@H](O)[C@H](OC)C2)CC(=O)[C@H](C)/C=C(\C)[C@@H](O)[C@@H](OC)C(=O)[C@H](C)C[C@H](C)/C=C/C=C/C=C/1C. The second kappa shape index (κ2) is 25.1. The van der Waals surface area contributed by atoms with Gasteiger partial charge in [0.2, 0.25) is 5.79 Å². The minimum Gasteiger partial charge on any atom is -0.460 e. The minimum absolute atomic E-state index is 0.0193. The number of piperidine rings is 1. The molecule has 4 rings (SSSR count). The van der Waals surface area contributed by atoms with Crippen LogP contribution < -0.4 is 0 Å². The number of aliphatic hydroxyl groups excluding tert-OH is 2. The maximum atomic E-state index is 14.4. The van der Waals surface area contributed by atoms with Crippen molar-refractivity contribution in [2.75, 3.05) is 27.9 Å². The molecule has 15 atom stereocenters. The molecule has 65 heavy (non-hydrogen) atoms. The molecular formula is C51H79NO13. The Kier molecular flexibility index (Phi) is 21.0. The van der Waals surface area contributed by atoms with Crippen molar-refractivity contribution in [2.45, 2.75) is 180 Å². The summed E-state index contributed by atoms with van der Waals surface area (Å²) in [7, 11) is 4.52. The zero-order valence-electron chi connectivity index (χ0n) is 40.6. The van der Waals surface area contributed by atoms with Gasteiger partial charge in [-0.3, -0.25) is 19.2 Å². The first-order valence-corrected chi connectivity index (χ1v) is 23.9. The normalized spacial score (nSPS) is 40.4. The van der Waals surface area contributed by atoms with Gasteiger partial charge in [0.1, 0.15) is 30.1 Å². The van der Waals surface area contributed by atoms with Crippen molar-refractivity contribution in [1.29, 1.82) is 0 Å². The highest BCUT2D eigenvalue weighted by Gasteiger charge is 2.53. The number of carbonyl (C=O) groups is 5. The molecule has 2 saturated heterocycles. The van der Waals surface area contributed by atoms with Crippen molar-refractivity contribution < 1.29 is 63.0 Å². The molecule has 0 aromatic rings. The Labute approximate surface area is 387 Å². The highest BCUT2D eigenvalue weighted by Crippen LogP contribution is 2.38. The van der Waals surface area contributed by atoms with E-state index in [0.29, 0.717) is 63.4 Å². The van der Waals surface area contributed by atoms with Gasteiger partial charge in [0, 0.05) is 58.5 Å². The third-order valence-electron chi connectivity index (χ3n) is 14.5. The quantitative estimate of drug-likeness (QED) is 0.156. The van der Waals surface area contributed by atoms with E-state index in [4.69, 9.17) is 23.7 Å². The van der Waals surface area contributed by atoms with Crippen molar-refractivity contribution in [3.8, 4) is 0 Å². The van der Waals surface area contributed by atoms with Crippen molar-refractivity contribution in [2.24, 2.45) is 35.5 Å². The van der Waals surface area contributed by atoms with E-state index < -0.39 is 83.9 Å². The van der Waals surface area contributed by atoms with Crippen LogP contribution in [0.5, 0.6) is 0 Å². The average molecular weight is 914 g/mol. The van der Waals surface area contributed by atoms with Crippen LogP contribution >= 0.6 is 0 Å². The maximum absolute atomic E-state index is 14.4. The van der Waals surface area contributed by atoms with Crippen molar-refractivity contribution >= 4 is 29.2 Å². The summed E-state index contributed by atoms with van der Waals surface area (Å²) in [5.74, 6) is -7.96. The molecule has 0 aromatic carbocycles. The molecule has 14 heteroatoms. The summed E-state index contributed by atoms with van der Waals surface area (Å²) in [5, 5.41) is 33.8. The first-order chi connectivity index (χ1) is 30.7. The van der Waals surface area contributed by atoms with Gasteiger partial charge in [-0.25, -0.2) is 4.79 Å². The molecule has 2 unspecified atom stereocenters. The van der Waals surface area contributed by atoms with E-state index in [1.54, 1.807) is 41.1 Å². The van der Waals surface area contributed by atoms with E-state index in [-0.39, 0.29) is 54.8 Å². The third-order valence-corrected chi connectivity index (χ3v) is 14.5. The van der Waals surface area contributed by atoms with E-state index >= 15 is 0 Å². The van der Waals surface area contributed by atoms with Crippen LogP contribution in [0.4, 0.5) is 0 Å². The Morgan fingerprint density at radius 1 is 0.846 bits per heavy atom. The van der Waals surface area contributed by atoms with Gasteiger partial charge >= 0.3 is 5.97 Å². The molecule has 1 saturated carbocycles. The van der Waals surface area contributed by atoms with Crippen molar-refractivity contribution in [3.63, 3.8) is 0 Å². The van der Waals surface area contributed by atoms with Gasteiger partial charge < -0.3 is 43.9 Å². The molecule has 3 heterocycles. The Morgan fingerprint density at radius 3 is 2.25 bits per heavy atom. The van der Waals surface area contributed by atoms with E-state index in [9.17, 15) is 39.3 Å². The molecule has 2 bridgehead atoms. The number of methoxy groups -OCH3 is 3. The molecule has 1 aliphatic carbocycles. The molecule has 0 radical (unpaired) electrons. The number of carbonyl (C=O) groups excluding carboxylic acids is 5. The molecule has 14 nitrogen and oxygen atoms in total. The monoisotopic (exact) mass is 914 g/mol. The fraction of sp³-hybridized carbons (Fsp3) is 0.745. The van der Waals surface area contributed by atoms with Gasteiger partial charge in [0.25, 0.3) is 11.7 Å².